The van der Waals surface area contributed by atoms with E-state index < -0.39 is 7.94 Å². The van der Waals surface area contributed by atoms with Crippen LogP contribution >= 0.6 is 7.94 Å². The molecule has 1 rings (SSSR count). The standard InChI is InChI=1S/C9H21NO3P/c1-3-13-14(11,12-2)8-9-4-6-10-7-5-9/h9-11H,3-8H2,1-2H3/q+1. The van der Waals surface area contributed by atoms with Crippen LogP contribution in [0.2, 0.25) is 0 Å². The van der Waals surface area contributed by atoms with E-state index in [1.165, 1.54) is 7.11 Å². The molecule has 0 aliphatic carbocycles. The van der Waals surface area contributed by atoms with Crippen molar-refractivity contribution in [2.75, 3.05) is 33.0 Å². The molecule has 1 saturated heterocycles. The Morgan fingerprint density at radius 3 is 2.57 bits per heavy atom. The van der Waals surface area contributed by atoms with Gasteiger partial charge in [0.15, 0.2) is 0 Å². The first-order chi connectivity index (χ1) is 6.70. The molecule has 0 radical (unpaired) electrons. The molecule has 0 bridgehead atoms. The molecule has 84 valence electrons. The van der Waals surface area contributed by atoms with E-state index in [-0.39, 0.29) is 0 Å². The van der Waals surface area contributed by atoms with Crippen LogP contribution in [0.25, 0.3) is 0 Å². The predicted molar refractivity (Wildman–Crippen MR) is 58.2 cm³/mol. The molecule has 0 spiro atoms. The maximum atomic E-state index is 10.0. The van der Waals surface area contributed by atoms with E-state index in [2.05, 4.69) is 5.32 Å². The number of hydrogen-bond acceptors (Lipinski definition) is 4. The third-order valence-corrected chi connectivity index (χ3v) is 4.77. The summed E-state index contributed by atoms with van der Waals surface area (Å²) in [4.78, 5) is 10.0. The van der Waals surface area contributed by atoms with Crippen molar-refractivity contribution < 1.29 is 13.9 Å². The Balaban J connectivity index is 2.37. The fourth-order valence-electron chi connectivity index (χ4n) is 1.77. The van der Waals surface area contributed by atoms with Crippen LogP contribution < -0.4 is 5.32 Å². The average Bonchev–Trinajstić information content (AvgIpc) is 2.20. The van der Waals surface area contributed by atoms with Crippen molar-refractivity contribution in [3.63, 3.8) is 0 Å². The van der Waals surface area contributed by atoms with Gasteiger partial charge in [-0.05, 0) is 32.9 Å². The molecule has 1 aliphatic heterocycles. The van der Waals surface area contributed by atoms with Crippen LogP contribution in [-0.4, -0.2) is 37.9 Å². The van der Waals surface area contributed by atoms with Gasteiger partial charge in [-0.1, -0.05) is 0 Å². The van der Waals surface area contributed by atoms with Gasteiger partial charge < -0.3 is 5.32 Å². The molecular formula is C9H21NO3P+. The molecule has 0 saturated carbocycles. The summed E-state index contributed by atoms with van der Waals surface area (Å²) in [5, 5.41) is 3.30. The molecule has 0 aromatic carbocycles. The fourth-order valence-corrected chi connectivity index (χ4v) is 3.55. The lowest BCUT2D eigenvalue weighted by molar-refractivity contribution is 0.204. The molecule has 1 atom stereocenters. The quantitative estimate of drug-likeness (QED) is 0.691. The monoisotopic (exact) mass is 222 g/mol. The van der Waals surface area contributed by atoms with Crippen LogP contribution in [0.4, 0.5) is 0 Å². The zero-order valence-electron chi connectivity index (χ0n) is 9.03. The van der Waals surface area contributed by atoms with Gasteiger partial charge in [0.2, 0.25) is 0 Å². The van der Waals surface area contributed by atoms with E-state index in [9.17, 15) is 4.89 Å². The first-order valence-corrected chi connectivity index (χ1v) is 6.98. The second-order valence-electron chi connectivity index (χ2n) is 3.61. The molecule has 0 aromatic rings. The Morgan fingerprint density at radius 2 is 2.07 bits per heavy atom. The minimum Gasteiger partial charge on any atom is -0.317 e. The van der Waals surface area contributed by atoms with Crippen molar-refractivity contribution >= 4 is 7.94 Å². The van der Waals surface area contributed by atoms with Crippen molar-refractivity contribution in [1.29, 1.82) is 0 Å². The molecule has 0 amide bonds. The van der Waals surface area contributed by atoms with Crippen molar-refractivity contribution in [3.8, 4) is 0 Å². The van der Waals surface area contributed by atoms with Crippen molar-refractivity contribution in [1.82, 2.24) is 5.32 Å². The molecular weight excluding hydrogens is 201 g/mol. The molecule has 1 heterocycles. The summed E-state index contributed by atoms with van der Waals surface area (Å²) >= 11 is 0. The molecule has 1 aliphatic rings. The fraction of sp³-hybridized carbons (Fsp3) is 1.00. The van der Waals surface area contributed by atoms with Gasteiger partial charge in [-0.3, -0.25) is 0 Å². The lowest BCUT2D eigenvalue weighted by Gasteiger charge is -2.24. The van der Waals surface area contributed by atoms with Gasteiger partial charge in [0.05, 0.1) is 13.7 Å². The Bertz CT molecular complexity index is 164. The number of rotatable bonds is 5. The van der Waals surface area contributed by atoms with Crippen molar-refractivity contribution in [2.24, 2.45) is 5.92 Å². The summed E-state index contributed by atoms with van der Waals surface area (Å²) in [6, 6.07) is 0. The Labute approximate surface area is 86.6 Å². The molecule has 14 heavy (non-hydrogen) atoms. The van der Waals surface area contributed by atoms with E-state index in [1.807, 2.05) is 6.92 Å². The maximum Gasteiger partial charge on any atom is 0.408 e. The van der Waals surface area contributed by atoms with Crippen LogP contribution in [0.1, 0.15) is 19.8 Å². The lowest BCUT2D eigenvalue weighted by Crippen LogP contribution is -2.30. The van der Waals surface area contributed by atoms with Gasteiger partial charge >= 0.3 is 7.94 Å². The summed E-state index contributed by atoms with van der Waals surface area (Å²) in [6.07, 6.45) is 2.90. The van der Waals surface area contributed by atoms with Gasteiger partial charge in [-0.2, -0.15) is 13.9 Å². The molecule has 0 aromatic heterocycles. The minimum atomic E-state index is -2.55. The largest absolute Gasteiger partial charge is 0.408 e. The van der Waals surface area contributed by atoms with E-state index >= 15 is 0 Å². The Hall–Kier alpha value is 0.270. The second kappa shape index (κ2) is 5.99. The third kappa shape index (κ3) is 3.79. The van der Waals surface area contributed by atoms with Crippen LogP contribution in [0.15, 0.2) is 0 Å². The highest BCUT2D eigenvalue weighted by atomic mass is 31.2. The second-order valence-corrected chi connectivity index (χ2v) is 5.88. The number of piperidine rings is 1. The molecule has 4 nitrogen and oxygen atoms in total. The first-order valence-electron chi connectivity index (χ1n) is 5.22. The predicted octanol–water partition coefficient (Wildman–Crippen LogP) is 1.42. The molecule has 2 N–H and O–H groups in total. The normalized spacial score (nSPS) is 23.4. The highest BCUT2D eigenvalue weighted by Gasteiger charge is 2.41. The van der Waals surface area contributed by atoms with Gasteiger partial charge in [0, 0.05) is 5.92 Å². The SMILES string of the molecule is CCO[P+](O)(CC1CCNCC1)OC. The van der Waals surface area contributed by atoms with Crippen molar-refractivity contribution in [3.05, 3.63) is 0 Å². The van der Waals surface area contributed by atoms with E-state index in [4.69, 9.17) is 9.05 Å². The lowest BCUT2D eigenvalue weighted by atomic mass is 10.0. The first kappa shape index (κ1) is 12.3. The third-order valence-electron chi connectivity index (χ3n) is 2.56. The summed E-state index contributed by atoms with van der Waals surface area (Å²) in [7, 11) is -1.01. The van der Waals surface area contributed by atoms with Crippen LogP contribution in [0.3, 0.4) is 0 Å². The Morgan fingerprint density at radius 1 is 1.43 bits per heavy atom. The van der Waals surface area contributed by atoms with Crippen LogP contribution in [-0.2, 0) is 9.05 Å². The van der Waals surface area contributed by atoms with Crippen LogP contribution in [0, 0.1) is 5.92 Å². The number of hydrogen-bond donors (Lipinski definition) is 2. The molecule has 5 heteroatoms. The summed E-state index contributed by atoms with van der Waals surface area (Å²) in [6.45, 7) is 4.48. The van der Waals surface area contributed by atoms with E-state index in [0.717, 1.165) is 25.9 Å². The zero-order valence-corrected chi connectivity index (χ0v) is 9.93. The topological polar surface area (TPSA) is 50.7 Å². The smallest absolute Gasteiger partial charge is 0.317 e. The van der Waals surface area contributed by atoms with Crippen LogP contribution in [0.5, 0.6) is 0 Å². The summed E-state index contributed by atoms with van der Waals surface area (Å²) in [5.41, 5.74) is 0. The van der Waals surface area contributed by atoms with Gasteiger partial charge in [0.1, 0.15) is 6.16 Å². The number of nitrogens with one attached hydrogen (secondary N) is 1. The van der Waals surface area contributed by atoms with Gasteiger partial charge in [-0.15, -0.1) is 0 Å². The average molecular weight is 222 g/mol. The molecule has 1 fully saturated rings. The highest BCUT2D eigenvalue weighted by Crippen LogP contribution is 2.58. The van der Waals surface area contributed by atoms with Crippen molar-refractivity contribution in [2.45, 2.75) is 19.8 Å². The summed E-state index contributed by atoms with van der Waals surface area (Å²) < 4.78 is 10.4. The van der Waals surface area contributed by atoms with E-state index in [0.29, 0.717) is 18.7 Å². The maximum absolute atomic E-state index is 10.0. The van der Waals surface area contributed by atoms with Gasteiger partial charge in [0.25, 0.3) is 0 Å². The highest BCUT2D eigenvalue weighted by molar-refractivity contribution is 7.60. The Kier molecular flexibility index (Phi) is 5.28. The summed E-state index contributed by atoms with van der Waals surface area (Å²) in [5.74, 6) is 0.543. The molecule has 1 unspecified atom stereocenters. The zero-order chi connectivity index (χ0) is 10.4. The van der Waals surface area contributed by atoms with E-state index in [1.54, 1.807) is 0 Å². The minimum absolute atomic E-state index is 0.517. The van der Waals surface area contributed by atoms with Gasteiger partial charge in [-0.25, -0.2) is 0 Å².